The minimum atomic E-state index is -5.94. The molecule has 0 atom stereocenters. The van der Waals surface area contributed by atoms with E-state index in [4.69, 9.17) is 0 Å². The number of carbonyl (C=O) groups excluding carboxylic acids is 2. The van der Waals surface area contributed by atoms with Gasteiger partial charge in [0.2, 0.25) is 10.0 Å². The molecule has 1 aromatic heterocycles. The second-order valence-electron chi connectivity index (χ2n) is 3.99. The van der Waals surface area contributed by atoms with Gasteiger partial charge in [0, 0.05) is 0 Å². The van der Waals surface area contributed by atoms with Gasteiger partial charge in [-0.15, -0.1) is 0 Å². The van der Waals surface area contributed by atoms with Crippen LogP contribution in [-0.2, 0) is 20.0 Å². The molecule has 2 amide bonds. The first-order valence-electron chi connectivity index (χ1n) is 5.35. The molecular formula is C9H8F3N3O6S2. The van der Waals surface area contributed by atoms with Crippen molar-refractivity contribution in [2.24, 2.45) is 0 Å². The van der Waals surface area contributed by atoms with Crippen LogP contribution in [-0.4, -0.2) is 45.4 Å². The Hall–Kier alpha value is -2.22. The standard InChI is InChI=1S/C9H8F3N3O6S2/c1-22(18,19)14-7(16)5-3-2-4-6(13-5)8(17)15-23(20,21)9(10,11)12/h2-4H,1H3,(H,14,16)(H,15,17). The molecule has 0 aliphatic heterocycles. The topological polar surface area (TPSA) is 139 Å². The van der Waals surface area contributed by atoms with Crippen LogP contribution >= 0.6 is 0 Å². The lowest BCUT2D eigenvalue weighted by atomic mass is 10.3. The Kier molecular flexibility index (Phi) is 5.00. The Morgan fingerprint density at radius 2 is 1.43 bits per heavy atom. The van der Waals surface area contributed by atoms with Gasteiger partial charge in [0.15, 0.2) is 0 Å². The number of amides is 2. The molecule has 23 heavy (non-hydrogen) atoms. The lowest BCUT2D eigenvalue weighted by Crippen LogP contribution is -2.40. The number of alkyl halides is 3. The van der Waals surface area contributed by atoms with Crippen molar-refractivity contribution in [3.8, 4) is 0 Å². The Balaban J connectivity index is 3.06. The fourth-order valence-corrected chi connectivity index (χ4v) is 2.05. The van der Waals surface area contributed by atoms with E-state index in [1.165, 1.54) is 4.72 Å². The lowest BCUT2D eigenvalue weighted by molar-refractivity contribution is -0.0446. The molecule has 0 radical (unpaired) electrons. The molecule has 0 aliphatic carbocycles. The molecule has 0 saturated carbocycles. The van der Waals surface area contributed by atoms with Crippen LogP contribution in [0.2, 0.25) is 0 Å². The average Bonchev–Trinajstić information content (AvgIpc) is 2.35. The van der Waals surface area contributed by atoms with Crippen molar-refractivity contribution in [3.63, 3.8) is 0 Å². The van der Waals surface area contributed by atoms with E-state index < -0.39 is 48.8 Å². The van der Waals surface area contributed by atoms with Crippen LogP contribution in [0, 0.1) is 0 Å². The number of nitrogens with one attached hydrogen (secondary N) is 2. The van der Waals surface area contributed by atoms with Crippen molar-refractivity contribution in [2.75, 3.05) is 6.26 Å². The fraction of sp³-hybridized carbons (Fsp3) is 0.222. The molecule has 0 unspecified atom stereocenters. The fourth-order valence-electron chi connectivity index (χ4n) is 1.14. The van der Waals surface area contributed by atoms with Crippen molar-refractivity contribution in [2.45, 2.75) is 5.51 Å². The second kappa shape index (κ2) is 6.11. The molecule has 1 rings (SSSR count). The summed E-state index contributed by atoms with van der Waals surface area (Å²) in [7, 11) is -9.88. The number of aromatic nitrogens is 1. The van der Waals surface area contributed by atoms with E-state index in [0.717, 1.165) is 22.9 Å². The first-order valence-corrected chi connectivity index (χ1v) is 8.73. The SMILES string of the molecule is CS(=O)(=O)NC(=O)c1cccc(C(=O)NS(=O)(=O)C(F)(F)F)n1. The van der Waals surface area contributed by atoms with E-state index in [1.807, 2.05) is 0 Å². The molecule has 128 valence electrons. The quantitative estimate of drug-likeness (QED) is 0.713. The third kappa shape index (κ3) is 5.17. The molecule has 0 aromatic carbocycles. The van der Waals surface area contributed by atoms with Crippen LogP contribution in [0.5, 0.6) is 0 Å². The number of hydrogen-bond donors (Lipinski definition) is 2. The number of nitrogens with zero attached hydrogens (tertiary/aromatic N) is 1. The van der Waals surface area contributed by atoms with Crippen LogP contribution in [0.15, 0.2) is 18.2 Å². The minimum absolute atomic E-state index is 0.618. The summed E-state index contributed by atoms with van der Waals surface area (Å²) >= 11 is 0. The smallest absolute Gasteiger partial charge is 0.266 e. The molecule has 0 aliphatic rings. The van der Waals surface area contributed by atoms with Crippen LogP contribution < -0.4 is 9.44 Å². The summed E-state index contributed by atoms with van der Waals surface area (Å²) in [6.45, 7) is 0. The van der Waals surface area contributed by atoms with Gasteiger partial charge in [0.1, 0.15) is 11.4 Å². The molecule has 0 fully saturated rings. The van der Waals surface area contributed by atoms with E-state index in [-0.39, 0.29) is 0 Å². The van der Waals surface area contributed by atoms with Crippen molar-refractivity contribution in [1.29, 1.82) is 0 Å². The lowest BCUT2D eigenvalue weighted by Gasteiger charge is -2.09. The normalized spacial score (nSPS) is 12.5. The summed E-state index contributed by atoms with van der Waals surface area (Å²) in [5.41, 5.74) is -7.17. The summed E-state index contributed by atoms with van der Waals surface area (Å²) in [6, 6.07) is 2.80. The molecule has 0 spiro atoms. The molecule has 14 heteroatoms. The number of halogens is 3. The van der Waals surface area contributed by atoms with Crippen molar-refractivity contribution in [3.05, 3.63) is 29.6 Å². The van der Waals surface area contributed by atoms with Gasteiger partial charge in [-0.2, -0.15) is 21.6 Å². The van der Waals surface area contributed by atoms with Crippen LogP contribution in [0.4, 0.5) is 13.2 Å². The highest BCUT2D eigenvalue weighted by molar-refractivity contribution is 7.91. The Morgan fingerprint density at radius 1 is 1.00 bits per heavy atom. The second-order valence-corrected chi connectivity index (χ2v) is 7.41. The first kappa shape index (κ1) is 18.8. The molecule has 9 nitrogen and oxygen atoms in total. The highest BCUT2D eigenvalue weighted by Gasteiger charge is 2.47. The Morgan fingerprint density at radius 3 is 1.83 bits per heavy atom. The summed E-state index contributed by atoms with van der Waals surface area (Å²) in [5, 5.41) is 0. The summed E-state index contributed by atoms with van der Waals surface area (Å²) in [5.74, 6) is -2.99. The van der Waals surface area contributed by atoms with Gasteiger partial charge in [-0.3, -0.25) is 9.59 Å². The van der Waals surface area contributed by atoms with Crippen LogP contribution in [0.1, 0.15) is 21.0 Å². The van der Waals surface area contributed by atoms with E-state index in [1.54, 1.807) is 0 Å². The van der Waals surface area contributed by atoms with E-state index in [0.29, 0.717) is 6.26 Å². The van der Waals surface area contributed by atoms with Crippen molar-refractivity contribution in [1.82, 2.24) is 14.4 Å². The van der Waals surface area contributed by atoms with Gasteiger partial charge in [0.05, 0.1) is 6.26 Å². The van der Waals surface area contributed by atoms with Gasteiger partial charge in [-0.25, -0.2) is 22.8 Å². The molecular weight excluding hydrogens is 367 g/mol. The molecule has 0 saturated heterocycles. The van der Waals surface area contributed by atoms with Gasteiger partial charge < -0.3 is 0 Å². The zero-order valence-electron chi connectivity index (χ0n) is 11.1. The first-order chi connectivity index (χ1) is 10.2. The van der Waals surface area contributed by atoms with E-state index in [2.05, 4.69) is 4.98 Å². The van der Waals surface area contributed by atoms with Crippen molar-refractivity contribution < 1.29 is 39.6 Å². The number of rotatable bonds is 4. The Bertz CT molecular complexity index is 848. The maximum Gasteiger partial charge on any atom is 0.516 e. The monoisotopic (exact) mass is 375 g/mol. The summed E-state index contributed by atoms with van der Waals surface area (Å²) in [4.78, 5) is 26.3. The largest absolute Gasteiger partial charge is 0.516 e. The number of pyridine rings is 1. The predicted molar refractivity (Wildman–Crippen MR) is 69.0 cm³/mol. The number of carbonyl (C=O) groups is 2. The molecule has 0 bridgehead atoms. The summed E-state index contributed by atoms with van der Waals surface area (Å²) < 4.78 is 82.1. The third-order valence-corrected chi connectivity index (χ3v) is 3.64. The Labute approximate surface area is 128 Å². The number of sulfonamides is 2. The van der Waals surface area contributed by atoms with E-state index >= 15 is 0 Å². The predicted octanol–water partition coefficient (Wildman–Crippen LogP) is -0.650. The maximum absolute atomic E-state index is 12.1. The highest BCUT2D eigenvalue weighted by atomic mass is 32.2. The average molecular weight is 375 g/mol. The van der Waals surface area contributed by atoms with Gasteiger partial charge in [-0.05, 0) is 12.1 Å². The van der Waals surface area contributed by atoms with Gasteiger partial charge in [-0.1, -0.05) is 6.07 Å². The van der Waals surface area contributed by atoms with Gasteiger partial charge in [0.25, 0.3) is 11.8 Å². The van der Waals surface area contributed by atoms with Crippen LogP contribution in [0.25, 0.3) is 0 Å². The van der Waals surface area contributed by atoms with E-state index in [9.17, 15) is 39.6 Å². The minimum Gasteiger partial charge on any atom is -0.266 e. The highest BCUT2D eigenvalue weighted by Crippen LogP contribution is 2.21. The molecule has 1 aromatic rings. The molecule has 1 heterocycles. The zero-order valence-corrected chi connectivity index (χ0v) is 12.7. The number of hydrogen-bond acceptors (Lipinski definition) is 7. The summed E-state index contributed by atoms with van der Waals surface area (Å²) in [6.07, 6.45) is 0.664. The third-order valence-electron chi connectivity index (χ3n) is 2.02. The van der Waals surface area contributed by atoms with Gasteiger partial charge >= 0.3 is 15.5 Å². The maximum atomic E-state index is 12.1. The zero-order chi connectivity index (χ0) is 18.1. The molecule has 2 N–H and O–H groups in total. The van der Waals surface area contributed by atoms with Crippen molar-refractivity contribution >= 4 is 31.9 Å². The van der Waals surface area contributed by atoms with Crippen LogP contribution in [0.3, 0.4) is 0 Å².